The van der Waals surface area contributed by atoms with Crippen LogP contribution >= 0.6 is 0 Å². The number of ether oxygens (including phenoxy) is 1. The number of hydrogen-bond acceptors (Lipinski definition) is 5. The molecular formula is C21H27N3O5S. The van der Waals surface area contributed by atoms with Crippen molar-refractivity contribution in [3.8, 4) is 5.75 Å². The molecule has 0 radical (unpaired) electrons. The lowest BCUT2D eigenvalue weighted by atomic mass is 10.1. The molecule has 2 aromatic carbocycles. The lowest BCUT2D eigenvalue weighted by Gasteiger charge is -2.18. The summed E-state index contributed by atoms with van der Waals surface area (Å²) in [6.07, 6.45) is -0.0346. The Morgan fingerprint density at radius 2 is 1.73 bits per heavy atom. The fourth-order valence-electron chi connectivity index (χ4n) is 2.62. The van der Waals surface area contributed by atoms with Crippen molar-refractivity contribution in [1.29, 1.82) is 0 Å². The molecule has 8 nitrogen and oxygen atoms in total. The van der Waals surface area contributed by atoms with Gasteiger partial charge in [0, 0.05) is 39.2 Å². The Kier molecular flexibility index (Phi) is 8.37. The predicted octanol–water partition coefficient (Wildman–Crippen LogP) is 2.37. The number of anilines is 1. The maximum atomic E-state index is 12.4. The van der Waals surface area contributed by atoms with E-state index in [1.165, 1.54) is 24.0 Å². The van der Waals surface area contributed by atoms with Crippen LogP contribution in [0.15, 0.2) is 53.4 Å². The highest BCUT2D eigenvalue weighted by molar-refractivity contribution is 7.89. The van der Waals surface area contributed by atoms with Gasteiger partial charge in [-0.3, -0.25) is 9.59 Å². The molecule has 2 amide bonds. The van der Waals surface area contributed by atoms with Gasteiger partial charge in [0.05, 0.1) is 11.5 Å². The van der Waals surface area contributed by atoms with Crippen LogP contribution in [-0.4, -0.2) is 45.3 Å². The third-order valence-electron chi connectivity index (χ3n) is 4.33. The molecule has 0 saturated heterocycles. The zero-order valence-electron chi connectivity index (χ0n) is 17.3. The van der Waals surface area contributed by atoms with E-state index in [9.17, 15) is 18.0 Å². The number of hydrogen-bond donors (Lipinski definition) is 2. The lowest BCUT2D eigenvalue weighted by molar-refractivity contribution is -0.128. The van der Waals surface area contributed by atoms with Crippen molar-refractivity contribution in [3.05, 3.63) is 54.1 Å². The number of rotatable bonds is 10. The van der Waals surface area contributed by atoms with E-state index in [2.05, 4.69) is 10.0 Å². The van der Waals surface area contributed by atoms with E-state index >= 15 is 0 Å². The van der Waals surface area contributed by atoms with Crippen molar-refractivity contribution < 1.29 is 22.7 Å². The van der Waals surface area contributed by atoms with Crippen LogP contribution in [0, 0.1) is 0 Å². The fourth-order valence-corrected chi connectivity index (χ4v) is 3.66. The van der Waals surface area contributed by atoms with Gasteiger partial charge >= 0.3 is 0 Å². The van der Waals surface area contributed by atoms with Crippen LogP contribution in [0.5, 0.6) is 5.75 Å². The van der Waals surface area contributed by atoms with Gasteiger partial charge in [-0.2, -0.15) is 0 Å². The smallest absolute Gasteiger partial charge is 0.240 e. The first-order chi connectivity index (χ1) is 14.2. The van der Waals surface area contributed by atoms with Crippen LogP contribution in [0.4, 0.5) is 5.69 Å². The molecule has 0 heterocycles. The quantitative estimate of drug-likeness (QED) is 0.599. The molecule has 0 atom stereocenters. The van der Waals surface area contributed by atoms with E-state index in [0.717, 1.165) is 5.56 Å². The average molecular weight is 434 g/mol. The molecule has 0 saturated carbocycles. The van der Waals surface area contributed by atoms with Crippen LogP contribution in [0.1, 0.15) is 25.8 Å². The minimum absolute atomic E-state index is 0.0346. The highest BCUT2D eigenvalue weighted by atomic mass is 32.2. The molecule has 2 aromatic rings. The molecule has 0 spiro atoms. The SMILES string of the molecule is CCOc1ccc(S(=O)(=O)NCCC(=O)Nc2ccccc2CN(C)C(C)=O)cc1. The molecule has 0 bridgehead atoms. The van der Waals surface area contributed by atoms with Crippen molar-refractivity contribution in [3.63, 3.8) is 0 Å². The van der Waals surface area contributed by atoms with Crippen LogP contribution in [0.3, 0.4) is 0 Å². The second-order valence-corrected chi connectivity index (χ2v) is 8.40. The van der Waals surface area contributed by atoms with Crippen molar-refractivity contribution in [1.82, 2.24) is 9.62 Å². The van der Waals surface area contributed by atoms with Crippen molar-refractivity contribution in [2.75, 3.05) is 25.5 Å². The number of amides is 2. The number of nitrogens with zero attached hydrogens (tertiary/aromatic N) is 1. The van der Waals surface area contributed by atoms with Gasteiger partial charge in [0.25, 0.3) is 0 Å². The van der Waals surface area contributed by atoms with E-state index in [4.69, 9.17) is 4.74 Å². The molecule has 2 rings (SSSR count). The van der Waals surface area contributed by atoms with Crippen molar-refractivity contribution >= 4 is 27.5 Å². The molecule has 0 aromatic heterocycles. The summed E-state index contributed by atoms with van der Waals surface area (Å²) >= 11 is 0. The largest absolute Gasteiger partial charge is 0.494 e. The molecule has 30 heavy (non-hydrogen) atoms. The minimum Gasteiger partial charge on any atom is -0.494 e. The summed E-state index contributed by atoms with van der Waals surface area (Å²) in [5, 5.41) is 2.77. The highest BCUT2D eigenvalue weighted by Gasteiger charge is 2.15. The van der Waals surface area contributed by atoms with Gasteiger partial charge in [-0.05, 0) is 42.8 Å². The monoisotopic (exact) mass is 433 g/mol. The van der Waals surface area contributed by atoms with E-state index in [1.54, 1.807) is 31.3 Å². The first kappa shape index (κ1) is 23.4. The number of carbonyl (C=O) groups excluding carboxylic acids is 2. The summed E-state index contributed by atoms with van der Waals surface area (Å²) in [7, 11) is -2.05. The molecular weight excluding hydrogens is 406 g/mol. The Morgan fingerprint density at radius 1 is 1.07 bits per heavy atom. The zero-order chi connectivity index (χ0) is 22.1. The van der Waals surface area contributed by atoms with E-state index in [1.807, 2.05) is 19.1 Å². The lowest BCUT2D eigenvalue weighted by Crippen LogP contribution is -2.28. The van der Waals surface area contributed by atoms with E-state index in [-0.39, 0.29) is 29.7 Å². The zero-order valence-corrected chi connectivity index (χ0v) is 18.2. The molecule has 162 valence electrons. The van der Waals surface area contributed by atoms with E-state index in [0.29, 0.717) is 24.6 Å². The number of carbonyl (C=O) groups is 2. The number of nitrogens with one attached hydrogen (secondary N) is 2. The maximum absolute atomic E-state index is 12.4. The molecule has 0 aliphatic heterocycles. The number of sulfonamides is 1. The Morgan fingerprint density at radius 3 is 2.37 bits per heavy atom. The van der Waals surface area contributed by atoms with Crippen LogP contribution < -0.4 is 14.8 Å². The summed E-state index contributed by atoms with van der Waals surface area (Å²) in [6.45, 7) is 4.12. The fraction of sp³-hybridized carbons (Fsp3) is 0.333. The normalized spacial score (nSPS) is 11.0. The second kappa shape index (κ2) is 10.7. The van der Waals surface area contributed by atoms with Gasteiger partial charge in [0.1, 0.15) is 5.75 Å². The molecule has 9 heteroatoms. The van der Waals surface area contributed by atoms with Gasteiger partial charge in [-0.15, -0.1) is 0 Å². The Balaban J connectivity index is 1.91. The van der Waals surface area contributed by atoms with Crippen LogP contribution in [-0.2, 0) is 26.2 Å². The Labute approximate surface area is 177 Å². The summed E-state index contributed by atoms with van der Waals surface area (Å²) < 4.78 is 32.4. The first-order valence-electron chi connectivity index (χ1n) is 9.55. The summed E-state index contributed by atoms with van der Waals surface area (Å²) in [6, 6.07) is 13.2. The average Bonchev–Trinajstić information content (AvgIpc) is 2.70. The predicted molar refractivity (Wildman–Crippen MR) is 115 cm³/mol. The van der Waals surface area contributed by atoms with Crippen molar-refractivity contribution in [2.24, 2.45) is 0 Å². The van der Waals surface area contributed by atoms with Crippen LogP contribution in [0.2, 0.25) is 0 Å². The third kappa shape index (κ3) is 6.85. The van der Waals surface area contributed by atoms with Gasteiger partial charge in [0.2, 0.25) is 21.8 Å². The molecule has 0 aliphatic rings. The third-order valence-corrected chi connectivity index (χ3v) is 5.80. The summed E-state index contributed by atoms with van der Waals surface area (Å²) in [5.41, 5.74) is 1.38. The maximum Gasteiger partial charge on any atom is 0.240 e. The molecule has 2 N–H and O–H groups in total. The molecule has 0 unspecified atom stereocenters. The molecule has 0 fully saturated rings. The second-order valence-electron chi connectivity index (χ2n) is 6.63. The summed E-state index contributed by atoms with van der Waals surface area (Å²) in [4.78, 5) is 25.4. The van der Waals surface area contributed by atoms with Crippen LogP contribution in [0.25, 0.3) is 0 Å². The minimum atomic E-state index is -3.72. The standard InChI is InChI=1S/C21H27N3O5S/c1-4-29-18-9-11-19(12-10-18)30(27,28)22-14-13-21(26)23-20-8-6-5-7-17(20)15-24(3)16(2)25/h5-12,22H,4,13-15H2,1-3H3,(H,23,26). The first-order valence-corrected chi connectivity index (χ1v) is 11.0. The van der Waals surface area contributed by atoms with Gasteiger partial charge in [-0.25, -0.2) is 13.1 Å². The number of benzene rings is 2. The summed E-state index contributed by atoms with van der Waals surface area (Å²) in [5.74, 6) is 0.173. The topological polar surface area (TPSA) is 105 Å². The Hall–Kier alpha value is -2.91. The van der Waals surface area contributed by atoms with Gasteiger partial charge < -0.3 is 15.0 Å². The van der Waals surface area contributed by atoms with Crippen molar-refractivity contribution in [2.45, 2.75) is 31.7 Å². The Bertz CT molecular complexity index is 974. The van der Waals surface area contributed by atoms with E-state index < -0.39 is 10.0 Å². The molecule has 0 aliphatic carbocycles. The highest BCUT2D eigenvalue weighted by Crippen LogP contribution is 2.18. The van der Waals surface area contributed by atoms with Gasteiger partial charge in [0.15, 0.2) is 0 Å². The van der Waals surface area contributed by atoms with Gasteiger partial charge in [-0.1, -0.05) is 18.2 Å². The number of para-hydroxylation sites is 1.